The molecule has 0 heterocycles. The zero-order chi connectivity index (χ0) is 24.7. The zero-order valence-corrected chi connectivity index (χ0v) is 21.6. The Labute approximate surface area is 198 Å². The van der Waals surface area contributed by atoms with Gasteiger partial charge < -0.3 is 9.80 Å². The van der Waals surface area contributed by atoms with Gasteiger partial charge in [-0.05, 0) is 72.7 Å². The van der Waals surface area contributed by atoms with E-state index in [1.807, 2.05) is 34.3 Å². The molecule has 3 aromatic carbocycles. The summed E-state index contributed by atoms with van der Waals surface area (Å²) in [5, 5.41) is 0. The monoisotopic (exact) mass is 466 g/mol. The number of nitrogens with zero attached hydrogens (tertiary/aromatic N) is 2. The maximum absolute atomic E-state index is 12.3. The van der Waals surface area contributed by atoms with Crippen LogP contribution in [0.4, 0.5) is 11.4 Å². The number of rotatable bonds is 6. The van der Waals surface area contributed by atoms with Gasteiger partial charge in [-0.3, -0.25) is 4.55 Å². The summed E-state index contributed by atoms with van der Waals surface area (Å²) in [7, 11) is 3.69. The quantitative estimate of drug-likeness (QED) is 0.385. The van der Waals surface area contributed by atoms with Crippen LogP contribution in [0.15, 0.2) is 53.4 Å². The lowest BCUT2D eigenvalue weighted by atomic mass is 9.82. The first kappa shape index (κ1) is 24.8. The molecule has 0 aliphatic carbocycles. The Morgan fingerprint density at radius 3 is 1.39 bits per heavy atom. The van der Waals surface area contributed by atoms with Crippen molar-refractivity contribution in [3.63, 3.8) is 0 Å². The number of anilines is 2. The molecule has 0 aromatic heterocycles. The Morgan fingerprint density at radius 2 is 1.06 bits per heavy atom. The van der Waals surface area contributed by atoms with Gasteiger partial charge in [0.15, 0.2) is 0 Å². The van der Waals surface area contributed by atoms with Gasteiger partial charge in [0, 0.05) is 45.5 Å². The van der Waals surface area contributed by atoms with Crippen LogP contribution in [0.25, 0.3) is 0 Å². The summed E-state index contributed by atoms with van der Waals surface area (Å²) in [6.45, 7) is 8.29. The molecule has 0 spiro atoms. The summed E-state index contributed by atoms with van der Waals surface area (Å²) in [6, 6.07) is 15.2. The lowest BCUT2D eigenvalue weighted by Gasteiger charge is -2.27. The van der Waals surface area contributed by atoms with Crippen LogP contribution in [0.1, 0.15) is 44.9 Å². The highest BCUT2D eigenvalue weighted by Crippen LogP contribution is 2.40. The summed E-state index contributed by atoms with van der Waals surface area (Å²) < 4.78 is 34.7. The number of aryl methyl sites for hydroxylation is 4. The van der Waals surface area contributed by atoms with Crippen molar-refractivity contribution in [1.29, 1.82) is 0 Å². The van der Waals surface area contributed by atoms with Gasteiger partial charge in [-0.1, -0.05) is 42.5 Å². The van der Waals surface area contributed by atoms with Gasteiger partial charge in [-0.25, -0.2) is 0 Å². The van der Waals surface area contributed by atoms with Crippen molar-refractivity contribution in [2.24, 2.45) is 0 Å². The molecule has 1 N–H and O–H groups in total. The molecule has 0 atom stereocenters. The number of hydrogen-bond donors (Lipinski definition) is 1. The molecule has 0 unspecified atom stereocenters. The minimum Gasteiger partial charge on any atom is -0.377 e. The second-order valence-corrected chi connectivity index (χ2v) is 10.6. The molecule has 176 valence electrons. The molecular weight excluding hydrogens is 432 g/mol. The minimum absolute atomic E-state index is 0.0611. The van der Waals surface area contributed by atoms with Gasteiger partial charge in [0.05, 0.1) is 4.90 Å². The van der Waals surface area contributed by atoms with Gasteiger partial charge in [-0.15, -0.1) is 0 Å². The van der Waals surface area contributed by atoms with Crippen LogP contribution >= 0.6 is 0 Å². The van der Waals surface area contributed by atoms with Crippen molar-refractivity contribution in [2.75, 3.05) is 38.0 Å². The normalized spacial score (nSPS) is 11.7. The average molecular weight is 467 g/mol. The number of hydrogen-bond acceptors (Lipinski definition) is 4. The minimum atomic E-state index is -4.39. The molecule has 0 radical (unpaired) electrons. The maximum Gasteiger partial charge on any atom is 0.294 e. The Kier molecular flexibility index (Phi) is 6.91. The van der Waals surface area contributed by atoms with Crippen LogP contribution < -0.4 is 9.80 Å². The Bertz CT molecular complexity index is 1180. The van der Waals surface area contributed by atoms with Crippen LogP contribution in [0.3, 0.4) is 0 Å². The Morgan fingerprint density at radius 1 is 0.697 bits per heavy atom. The predicted molar refractivity (Wildman–Crippen MR) is 138 cm³/mol. The van der Waals surface area contributed by atoms with E-state index in [1.165, 1.54) is 6.07 Å². The van der Waals surface area contributed by atoms with Gasteiger partial charge >= 0.3 is 0 Å². The standard InChI is InChI=1S/C27H34N2O3S/c1-17-13-21(14-18(2)26(17)28(5)6)25(23-11-9-10-12-24(23)33(30,31)32)22-15-19(3)27(29(7)8)20(4)16-22/h9-16,25H,1-8H3,(H,30,31,32). The van der Waals surface area contributed by atoms with Crippen LogP contribution in [0.5, 0.6) is 0 Å². The van der Waals surface area contributed by atoms with Gasteiger partial charge in [0.25, 0.3) is 10.1 Å². The third-order valence-electron chi connectivity index (χ3n) is 6.10. The van der Waals surface area contributed by atoms with E-state index in [4.69, 9.17) is 0 Å². The molecule has 0 amide bonds. The average Bonchev–Trinajstić information content (AvgIpc) is 2.66. The predicted octanol–water partition coefficient (Wildman–Crippen LogP) is 5.48. The summed E-state index contributed by atoms with van der Waals surface area (Å²) in [5.74, 6) is -0.356. The van der Waals surface area contributed by atoms with Crippen LogP contribution in [-0.2, 0) is 10.1 Å². The van der Waals surface area contributed by atoms with Gasteiger partial charge in [0.2, 0.25) is 0 Å². The van der Waals surface area contributed by atoms with Crippen molar-refractivity contribution in [2.45, 2.75) is 38.5 Å². The zero-order valence-electron chi connectivity index (χ0n) is 20.8. The van der Waals surface area contributed by atoms with Crippen molar-refractivity contribution in [1.82, 2.24) is 0 Å². The van der Waals surface area contributed by atoms with E-state index in [-0.39, 0.29) is 10.8 Å². The van der Waals surface area contributed by atoms with E-state index in [1.54, 1.807) is 12.1 Å². The van der Waals surface area contributed by atoms with E-state index in [2.05, 4.69) is 61.8 Å². The molecule has 0 bridgehead atoms. The highest BCUT2D eigenvalue weighted by atomic mass is 32.2. The molecule has 0 saturated carbocycles. The molecule has 6 heteroatoms. The second kappa shape index (κ2) is 9.20. The molecular formula is C27H34N2O3S. The summed E-state index contributed by atoms with van der Waals surface area (Å²) in [6.07, 6.45) is 0. The highest BCUT2D eigenvalue weighted by Gasteiger charge is 2.26. The third kappa shape index (κ3) is 4.92. The molecule has 0 fully saturated rings. The topological polar surface area (TPSA) is 60.9 Å². The first-order valence-corrected chi connectivity index (χ1v) is 12.4. The third-order valence-corrected chi connectivity index (χ3v) is 7.02. The molecule has 0 aliphatic heterocycles. The fourth-order valence-corrected chi connectivity index (χ4v) is 5.96. The fraction of sp³-hybridized carbons (Fsp3) is 0.333. The Balaban J connectivity index is 2.38. The van der Waals surface area contributed by atoms with E-state index in [0.29, 0.717) is 5.56 Å². The largest absolute Gasteiger partial charge is 0.377 e. The molecule has 0 aliphatic rings. The Hall–Kier alpha value is -2.83. The number of benzene rings is 3. The lowest BCUT2D eigenvalue weighted by molar-refractivity contribution is 0.482. The molecule has 3 aromatic rings. The molecule has 3 rings (SSSR count). The van der Waals surface area contributed by atoms with Crippen LogP contribution in [0.2, 0.25) is 0 Å². The summed E-state index contributed by atoms with van der Waals surface area (Å²) in [4.78, 5) is 4.12. The van der Waals surface area contributed by atoms with E-state index < -0.39 is 10.1 Å². The highest BCUT2D eigenvalue weighted by molar-refractivity contribution is 7.85. The van der Waals surface area contributed by atoms with E-state index >= 15 is 0 Å². The van der Waals surface area contributed by atoms with E-state index in [0.717, 1.165) is 44.8 Å². The first-order valence-electron chi connectivity index (χ1n) is 11.0. The molecule has 33 heavy (non-hydrogen) atoms. The smallest absolute Gasteiger partial charge is 0.294 e. The van der Waals surface area contributed by atoms with Crippen molar-refractivity contribution in [3.8, 4) is 0 Å². The van der Waals surface area contributed by atoms with Gasteiger partial charge in [0.1, 0.15) is 0 Å². The molecule has 0 saturated heterocycles. The second-order valence-electron chi connectivity index (χ2n) is 9.24. The van der Waals surface area contributed by atoms with Gasteiger partial charge in [-0.2, -0.15) is 8.42 Å². The maximum atomic E-state index is 12.3. The lowest BCUT2D eigenvalue weighted by Crippen LogP contribution is -2.16. The van der Waals surface area contributed by atoms with Crippen LogP contribution in [-0.4, -0.2) is 41.2 Å². The summed E-state index contributed by atoms with van der Waals surface area (Å²) in [5.41, 5.74) is 9.29. The van der Waals surface area contributed by atoms with Crippen LogP contribution in [0, 0.1) is 27.7 Å². The van der Waals surface area contributed by atoms with E-state index in [9.17, 15) is 13.0 Å². The molecule has 5 nitrogen and oxygen atoms in total. The fourth-order valence-electron chi connectivity index (χ4n) is 5.23. The van der Waals surface area contributed by atoms with Crippen molar-refractivity contribution in [3.05, 3.63) is 87.5 Å². The SMILES string of the molecule is Cc1cc(C(c2cc(C)c(N(C)C)c(C)c2)c2ccccc2S(=O)(=O)O)cc(C)c1N(C)C. The first-order chi connectivity index (χ1) is 15.3. The van der Waals surface area contributed by atoms with Crippen molar-refractivity contribution < 1.29 is 13.0 Å². The van der Waals surface area contributed by atoms with Crippen molar-refractivity contribution >= 4 is 21.5 Å². The summed E-state index contributed by atoms with van der Waals surface area (Å²) >= 11 is 0.